The minimum Gasteiger partial charge on any atom is -0.457 e. The monoisotopic (exact) mass is 544 g/mol. The van der Waals surface area contributed by atoms with Crippen molar-refractivity contribution < 1.29 is 33.4 Å². The van der Waals surface area contributed by atoms with E-state index in [2.05, 4.69) is 5.10 Å². The van der Waals surface area contributed by atoms with Gasteiger partial charge in [0.25, 0.3) is 0 Å². The second-order valence-corrected chi connectivity index (χ2v) is 12.7. The van der Waals surface area contributed by atoms with E-state index in [-0.39, 0.29) is 25.2 Å². The number of ketones is 1. The van der Waals surface area contributed by atoms with Crippen LogP contribution in [0.2, 0.25) is 0 Å². The SMILES string of the molecule is CCC(=O)OCC(=O)[C@]1(OC(=O)CC)[C@@H](C)C[C@H]2[C@@H]3CCC4=Cc5nn(C)cc5C[C@]4(C)[C@@]3(F)[C@@H](O)C[C@@]21C. The summed E-state index contributed by atoms with van der Waals surface area (Å²) in [5, 5.41) is 16.4. The molecule has 8 atom stereocenters. The number of esters is 2. The number of allylic oxidation sites excluding steroid dienone is 1. The highest BCUT2D eigenvalue weighted by atomic mass is 19.1. The van der Waals surface area contributed by atoms with E-state index in [4.69, 9.17) is 9.47 Å². The molecule has 1 N–H and O–H groups in total. The van der Waals surface area contributed by atoms with E-state index in [0.29, 0.717) is 25.7 Å². The topological polar surface area (TPSA) is 108 Å². The number of halogens is 1. The fraction of sp³-hybridized carbons (Fsp3) is 0.733. The van der Waals surface area contributed by atoms with Crippen molar-refractivity contribution in [1.82, 2.24) is 9.78 Å². The van der Waals surface area contributed by atoms with Crippen LogP contribution in [0.3, 0.4) is 0 Å². The van der Waals surface area contributed by atoms with Gasteiger partial charge < -0.3 is 14.6 Å². The van der Waals surface area contributed by atoms with E-state index in [0.717, 1.165) is 16.8 Å². The summed E-state index contributed by atoms with van der Waals surface area (Å²) in [4.78, 5) is 38.6. The molecule has 3 fully saturated rings. The molecule has 4 aliphatic rings. The van der Waals surface area contributed by atoms with Gasteiger partial charge in [0.1, 0.15) is 5.67 Å². The van der Waals surface area contributed by atoms with E-state index in [1.54, 1.807) is 18.5 Å². The predicted molar refractivity (Wildman–Crippen MR) is 141 cm³/mol. The van der Waals surface area contributed by atoms with Crippen LogP contribution in [0.5, 0.6) is 0 Å². The van der Waals surface area contributed by atoms with Gasteiger partial charge in [-0.3, -0.25) is 19.1 Å². The number of aliphatic hydroxyl groups is 1. The minimum absolute atomic E-state index is 0.0395. The number of rotatable bonds is 6. The van der Waals surface area contributed by atoms with Gasteiger partial charge in [0, 0.05) is 48.8 Å². The Bertz CT molecular complexity index is 1240. The van der Waals surface area contributed by atoms with Crippen LogP contribution in [0.25, 0.3) is 6.08 Å². The minimum atomic E-state index is -1.93. The highest BCUT2D eigenvalue weighted by Gasteiger charge is 2.77. The smallest absolute Gasteiger partial charge is 0.306 e. The maximum Gasteiger partial charge on any atom is 0.306 e. The lowest BCUT2D eigenvalue weighted by molar-refractivity contribution is -0.234. The van der Waals surface area contributed by atoms with Crippen LogP contribution in [0, 0.1) is 28.6 Å². The second-order valence-electron chi connectivity index (χ2n) is 12.7. The molecule has 0 aromatic carbocycles. The predicted octanol–water partition coefficient (Wildman–Crippen LogP) is 4.13. The summed E-state index contributed by atoms with van der Waals surface area (Å²) in [5.41, 5.74) is -2.74. The average molecular weight is 545 g/mol. The van der Waals surface area contributed by atoms with Crippen molar-refractivity contribution in [2.75, 3.05) is 6.61 Å². The normalized spacial score (nSPS) is 40.5. The van der Waals surface area contributed by atoms with Crippen LogP contribution in [0.15, 0.2) is 11.8 Å². The van der Waals surface area contributed by atoms with Crippen molar-refractivity contribution in [3.05, 3.63) is 23.0 Å². The number of hydrogen-bond donors (Lipinski definition) is 1. The van der Waals surface area contributed by atoms with Gasteiger partial charge in [-0.15, -0.1) is 0 Å². The number of fused-ring (bicyclic) bond motifs is 6. The lowest BCUT2D eigenvalue weighted by atomic mass is 9.43. The quantitative estimate of drug-likeness (QED) is 0.537. The Morgan fingerprint density at radius 1 is 1.18 bits per heavy atom. The Balaban J connectivity index is 1.58. The van der Waals surface area contributed by atoms with Gasteiger partial charge in [0.2, 0.25) is 5.78 Å². The Labute approximate surface area is 229 Å². The molecule has 1 heterocycles. The molecule has 0 radical (unpaired) electrons. The number of carbonyl (C=O) groups is 3. The van der Waals surface area contributed by atoms with Crippen LogP contribution in [-0.2, 0) is 37.3 Å². The molecule has 9 heteroatoms. The molecule has 1 aromatic heterocycles. The second kappa shape index (κ2) is 9.25. The third-order valence-corrected chi connectivity index (χ3v) is 10.8. The van der Waals surface area contributed by atoms with E-state index in [1.165, 1.54) is 0 Å². The number of carbonyl (C=O) groups excluding carboxylic acids is 3. The summed E-state index contributed by atoms with van der Waals surface area (Å²) < 4.78 is 30.9. The molecule has 0 spiro atoms. The number of nitrogens with zero attached hydrogens (tertiary/aromatic N) is 2. The maximum atomic E-state index is 17.9. The fourth-order valence-electron chi connectivity index (χ4n) is 8.98. The van der Waals surface area contributed by atoms with Gasteiger partial charge in [-0.2, -0.15) is 5.10 Å². The summed E-state index contributed by atoms with van der Waals surface area (Å²) in [6.45, 7) is 8.42. The van der Waals surface area contributed by atoms with Gasteiger partial charge in [-0.25, -0.2) is 4.39 Å². The molecular weight excluding hydrogens is 503 g/mol. The van der Waals surface area contributed by atoms with Crippen molar-refractivity contribution in [2.24, 2.45) is 35.6 Å². The number of Topliss-reactive ketones (excluding diaryl/α,β-unsaturated/α-hetero) is 1. The molecule has 3 saturated carbocycles. The molecule has 39 heavy (non-hydrogen) atoms. The number of aryl methyl sites for hydroxylation is 1. The summed E-state index contributed by atoms with van der Waals surface area (Å²) in [7, 11) is 1.85. The number of aliphatic hydroxyl groups excluding tert-OH is 1. The summed E-state index contributed by atoms with van der Waals surface area (Å²) in [5.74, 6) is -2.85. The molecule has 4 aliphatic carbocycles. The van der Waals surface area contributed by atoms with Gasteiger partial charge in [0.15, 0.2) is 12.2 Å². The summed E-state index contributed by atoms with van der Waals surface area (Å²) in [6, 6.07) is 0. The zero-order valence-corrected chi connectivity index (χ0v) is 23.9. The molecule has 0 amide bonds. The lowest BCUT2D eigenvalue weighted by Gasteiger charge is -2.63. The largest absolute Gasteiger partial charge is 0.457 e. The van der Waals surface area contributed by atoms with E-state index in [1.807, 2.05) is 40.1 Å². The number of aromatic nitrogens is 2. The van der Waals surface area contributed by atoms with E-state index < -0.39 is 64.4 Å². The molecular formula is C30H41FN2O6. The number of ether oxygens (including phenoxy) is 2. The van der Waals surface area contributed by atoms with Crippen molar-refractivity contribution in [2.45, 2.75) is 96.9 Å². The maximum absolute atomic E-state index is 17.9. The zero-order valence-electron chi connectivity index (χ0n) is 23.9. The third-order valence-electron chi connectivity index (χ3n) is 10.8. The van der Waals surface area contributed by atoms with Gasteiger partial charge in [-0.1, -0.05) is 40.2 Å². The molecule has 0 unspecified atom stereocenters. The Hall–Kier alpha value is -2.55. The number of alkyl halides is 1. The summed E-state index contributed by atoms with van der Waals surface area (Å²) >= 11 is 0. The van der Waals surface area contributed by atoms with Crippen LogP contribution < -0.4 is 0 Å². The molecule has 0 aliphatic heterocycles. The van der Waals surface area contributed by atoms with Gasteiger partial charge in [0.05, 0.1) is 11.8 Å². The van der Waals surface area contributed by atoms with Crippen molar-refractivity contribution in [3.63, 3.8) is 0 Å². The van der Waals surface area contributed by atoms with Crippen LogP contribution in [0.1, 0.15) is 84.4 Å². The first-order chi connectivity index (χ1) is 18.3. The fourth-order valence-corrected chi connectivity index (χ4v) is 8.98. The molecule has 0 saturated heterocycles. The molecule has 214 valence electrons. The van der Waals surface area contributed by atoms with E-state index in [9.17, 15) is 19.5 Å². The Morgan fingerprint density at radius 2 is 1.87 bits per heavy atom. The van der Waals surface area contributed by atoms with Gasteiger partial charge in [-0.05, 0) is 49.7 Å². The first kappa shape index (κ1) is 28.0. The van der Waals surface area contributed by atoms with Crippen molar-refractivity contribution in [1.29, 1.82) is 0 Å². The highest BCUT2D eigenvalue weighted by Crippen LogP contribution is 2.71. The molecule has 5 rings (SSSR count). The standard InChI is InChI=1S/C30H41FN2O6/c1-7-25(36)38-16-24(35)30(39-26(37)8-2)17(3)11-21-20-10-9-19-12-22-18(15-33(6)32-22)13-27(19,4)29(20,31)23(34)14-28(21,30)5/h12,15,17,20-21,23,34H,7-11,13-14,16H2,1-6H3/t17-,20-,21-,23-,27-,28-,29-,30+/m0/s1. The Morgan fingerprint density at radius 3 is 2.54 bits per heavy atom. The third kappa shape index (κ3) is 3.64. The first-order valence-corrected chi connectivity index (χ1v) is 14.3. The number of hydrogen-bond acceptors (Lipinski definition) is 7. The summed E-state index contributed by atoms with van der Waals surface area (Å²) in [6.07, 6.45) is 4.76. The van der Waals surface area contributed by atoms with Crippen LogP contribution >= 0.6 is 0 Å². The van der Waals surface area contributed by atoms with E-state index >= 15 is 4.39 Å². The zero-order chi connectivity index (χ0) is 28.5. The molecule has 1 aromatic rings. The van der Waals surface area contributed by atoms with Crippen LogP contribution in [-0.4, -0.2) is 56.6 Å². The van der Waals surface area contributed by atoms with Crippen molar-refractivity contribution >= 4 is 23.8 Å². The molecule has 0 bridgehead atoms. The van der Waals surface area contributed by atoms with Crippen molar-refractivity contribution in [3.8, 4) is 0 Å². The average Bonchev–Trinajstić information content (AvgIpc) is 3.34. The first-order valence-electron chi connectivity index (χ1n) is 14.3. The van der Waals surface area contributed by atoms with Crippen LogP contribution in [0.4, 0.5) is 4.39 Å². The highest BCUT2D eigenvalue weighted by molar-refractivity contribution is 5.93. The lowest BCUT2D eigenvalue weighted by Crippen LogP contribution is -2.70. The molecule has 8 nitrogen and oxygen atoms in total. The van der Waals surface area contributed by atoms with Gasteiger partial charge >= 0.3 is 11.9 Å². The Kier molecular flexibility index (Phi) is 6.64.